The third kappa shape index (κ3) is 5.36. The molecule has 0 aliphatic carbocycles. The maximum atomic E-state index is 13.5. The van der Waals surface area contributed by atoms with Crippen LogP contribution in [0.15, 0.2) is 53.6 Å². The molecule has 0 unspecified atom stereocenters. The van der Waals surface area contributed by atoms with Crippen molar-refractivity contribution in [1.82, 2.24) is 15.2 Å². The molecule has 184 valence electrons. The number of nitrogens with one attached hydrogen (secondary N) is 1. The van der Waals surface area contributed by atoms with Crippen molar-refractivity contribution in [1.29, 1.82) is 0 Å². The number of benzene rings is 2. The molecular weight excluding hydrogens is 495 g/mol. The van der Waals surface area contributed by atoms with Gasteiger partial charge in [-0.3, -0.25) is 9.59 Å². The number of hydrogen-bond acceptors (Lipinski definition) is 5. The second-order valence-electron chi connectivity index (χ2n) is 8.55. The van der Waals surface area contributed by atoms with Crippen LogP contribution in [0.5, 0.6) is 5.75 Å². The van der Waals surface area contributed by atoms with Gasteiger partial charge in [0.05, 0.1) is 5.71 Å². The number of ether oxygens (including phenoxy) is 1. The van der Waals surface area contributed by atoms with Gasteiger partial charge in [0.15, 0.2) is 0 Å². The first-order chi connectivity index (χ1) is 16.7. The van der Waals surface area contributed by atoms with Gasteiger partial charge in [-0.25, -0.2) is 9.80 Å². The van der Waals surface area contributed by atoms with Crippen molar-refractivity contribution in [3.8, 4) is 5.75 Å². The molecule has 2 heterocycles. The minimum Gasteiger partial charge on any atom is -0.491 e. The molecule has 11 heteroatoms. The summed E-state index contributed by atoms with van der Waals surface area (Å²) < 4.78 is 5.65. The topological polar surface area (TPSA) is 112 Å². The van der Waals surface area contributed by atoms with Crippen molar-refractivity contribution < 1.29 is 24.2 Å². The molecule has 0 bridgehead atoms. The predicted molar refractivity (Wildman–Crippen MR) is 131 cm³/mol. The van der Waals surface area contributed by atoms with Crippen LogP contribution < -0.4 is 10.1 Å². The zero-order valence-electron chi connectivity index (χ0n) is 18.9. The minimum atomic E-state index is -1.37. The number of likely N-dealkylation sites (tertiary alicyclic amines) is 1. The second-order valence-corrected chi connectivity index (χ2v) is 9.42. The Morgan fingerprint density at radius 2 is 1.89 bits per heavy atom. The van der Waals surface area contributed by atoms with E-state index in [1.54, 1.807) is 7.05 Å². The van der Waals surface area contributed by atoms with Crippen molar-refractivity contribution in [3.05, 3.63) is 64.1 Å². The molecule has 3 amide bonds. The van der Waals surface area contributed by atoms with Gasteiger partial charge in [0, 0.05) is 36.6 Å². The molecule has 0 saturated carbocycles. The number of hydrazone groups is 1. The van der Waals surface area contributed by atoms with E-state index in [9.17, 15) is 19.5 Å². The number of nitrogens with zero attached hydrogens (tertiary/aromatic N) is 3. The Bertz CT molecular complexity index is 1160. The number of fused-ring (bicyclic) bond motifs is 1. The Hall–Kier alpha value is -3.30. The van der Waals surface area contributed by atoms with Gasteiger partial charge in [-0.05, 0) is 30.2 Å². The Balaban J connectivity index is 1.55. The third-order valence-corrected chi connectivity index (χ3v) is 6.55. The van der Waals surface area contributed by atoms with Crippen LogP contribution in [0.1, 0.15) is 12.0 Å². The molecule has 2 N–H and O–H groups in total. The maximum absolute atomic E-state index is 13.5. The van der Waals surface area contributed by atoms with Gasteiger partial charge in [0.25, 0.3) is 5.91 Å². The fourth-order valence-corrected chi connectivity index (χ4v) is 5.06. The van der Waals surface area contributed by atoms with E-state index in [0.717, 1.165) is 11.3 Å². The standard InChI is InChI=1S/C24H24Cl2N4O5/c1-29-22(32)24(12-15-5-3-2-4-6-15)14-30(8-7-20(24)28-29)21(31)19(27-23(33)34)13-35-18-10-16(25)9-17(26)11-18/h2-6,9-11,19,27H,7-8,12-14H2,1H3,(H,33,34)/t19-,24-/m1/s1. The number of carbonyl (C=O) groups excluding carboxylic acids is 2. The highest BCUT2D eigenvalue weighted by molar-refractivity contribution is 6.34. The van der Waals surface area contributed by atoms with Crippen LogP contribution in [0.3, 0.4) is 0 Å². The highest BCUT2D eigenvalue weighted by Gasteiger charge is 2.53. The first-order valence-corrected chi connectivity index (χ1v) is 11.7. The van der Waals surface area contributed by atoms with Gasteiger partial charge < -0.3 is 20.1 Å². The van der Waals surface area contributed by atoms with Crippen LogP contribution in [0.25, 0.3) is 0 Å². The molecule has 0 radical (unpaired) electrons. The lowest BCUT2D eigenvalue weighted by Crippen LogP contribution is -2.59. The summed E-state index contributed by atoms with van der Waals surface area (Å²) in [6.07, 6.45) is -0.584. The van der Waals surface area contributed by atoms with Crippen LogP contribution in [-0.4, -0.2) is 71.4 Å². The van der Waals surface area contributed by atoms with Crippen LogP contribution in [0, 0.1) is 5.41 Å². The number of carboxylic acid groups (broad SMARTS) is 1. The largest absolute Gasteiger partial charge is 0.491 e. The molecular formula is C24H24Cl2N4O5. The molecule has 35 heavy (non-hydrogen) atoms. The first kappa shape index (κ1) is 24.8. The summed E-state index contributed by atoms with van der Waals surface area (Å²) in [6.45, 7) is 0.110. The lowest BCUT2D eigenvalue weighted by atomic mass is 9.73. The normalized spacial score (nSPS) is 20.2. The monoisotopic (exact) mass is 518 g/mol. The van der Waals surface area contributed by atoms with Crippen molar-refractivity contribution in [2.24, 2.45) is 10.5 Å². The highest BCUT2D eigenvalue weighted by atomic mass is 35.5. The van der Waals surface area contributed by atoms with E-state index in [1.165, 1.54) is 28.1 Å². The Morgan fingerprint density at radius 3 is 2.54 bits per heavy atom. The lowest BCUT2D eigenvalue weighted by Gasteiger charge is -2.40. The second kappa shape index (κ2) is 10.1. The average molecular weight is 519 g/mol. The van der Waals surface area contributed by atoms with Gasteiger partial charge in [-0.1, -0.05) is 53.5 Å². The van der Waals surface area contributed by atoms with Crippen LogP contribution in [-0.2, 0) is 16.0 Å². The number of hydrogen-bond donors (Lipinski definition) is 2. The number of amides is 3. The SMILES string of the molecule is CN1N=C2CCN(C(=O)[C@@H](COc3cc(Cl)cc(Cl)c3)NC(=O)O)C[C@@]2(Cc2ccccc2)C1=O. The van der Waals surface area contributed by atoms with Crippen molar-refractivity contribution in [2.45, 2.75) is 18.9 Å². The Morgan fingerprint density at radius 1 is 1.20 bits per heavy atom. The van der Waals surface area contributed by atoms with Gasteiger partial charge in [-0.15, -0.1) is 0 Å². The molecule has 0 spiro atoms. The highest BCUT2D eigenvalue weighted by Crippen LogP contribution is 2.38. The fourth-order valence-electron chi connectivity index (χ4n) is 4.55. The smallest absolute Gasteiger partial charge is 0.405 e. The summed E-state index contributed by atoms with van der Waals surface area (Å²) in [4.78, 5) is 39.7. The number of carbonyl (C=O) groups is 3. The molecule has 2 aromatic rings. The molecule has 9 nitrogen and oxygen atoms in total. The minimum absolute atomic E-state index is 0.0868. The van der Waals surface area contributed by atoms with Crippen LogP contribution in [0.2, 0.25) is 10.0 Å². The lowest BCUT2D eigenvalue weighted by molar-refractivity contribution is -0.141. The summed E-state index contributed by atoms with van der Waals surface area (Å²) in [5.41, 5.74) is 0.670. The van der Waals surface area contributed by atoms with Gasteiger partial charge in [0.1, 0.15) is 23.8 Å². The summed E-state index contributed by atoms with van der Waals surface area (Å²) in [7, 11) is 1.60. The van der Waals surface area contributed by atoms with Crippen molar-refractivity contribution >= 4 is 46.8 Å². The molecule has 4 rings (SSSR count). The molecule has 2 aromatic carbocycles. The number of rotatable bonds is 7. The quantitative estimate of drug-likeness (QED) is 0.583. The number of halogens is 2. The molecule has 0 aromatic heterocycles. The molecule has 2 aliphatic rings. The summed E-state index contributed by atoms with van der Waals surface area (Å²) in [5, 5.41) is 18.0. The Labute approximate surface area is 212 Å². The van der Waals surface area contributed by atoms with Crippen LogP contribution in [0.4, 0.5) is 4.79 Å². The first-order valence-electron chi connectivity index (χ1n) is 10.9. The third-order valence-electron chi connectivity index (χ3n) is 6.11. The van der Waals surface area contributed by atoms with Gasteiger partial charge >= 0.3 is 6.09 Å². The predicted octanol–water partition coefficient (Wildman–Crippen LogP) is 3.30. The van der Waals surface area contributed by atoms with Gasteiger partial charge in [-0.2, -0.15) is 5.10 Å². The van der Waals surface area contributed by atoms with E-state index >= 15 is 0 Å². The number of piperidine rings is 1. The van der Waals surface area contributed by atoms with Gasteiger partial charge in [0.2, 0.25) is 5.91 Å². The van der Waals surface area contributed by atoms with E-state index < -0.39 is 23.5 Å². The van der Waals surface area contributed by atoms with E-state index in [4.69, 9.17) is 27.9 Å². The molecule has 2 atom stereocenters. The summed E-state index contributed by atoms with van der Waals surface area (Å²) in [5.74, 6) is -0.385. The molecule has 1 saturated heterocycles. The van der Waals surface area contributed by atoms with Crippen LogP contribution >= 0.6 is 23.2 Å². The fraction of sp³-hybridized carbons (Fsp3) is 0.333. The maximum Gasteiger partial charge on any atom is 0.405 e. The Kier molecular flexibility index (Phi) is 7.18. The zero-order valence-corrected chi connectivity index (χ0v) is 20.4. The van der Waals surface area contributed by atoms with Crippen molar-refractivity contribution in [2.75, 3.05) is 26.7 Å². The van der Waals surface area contributed by atoms with E-state index in [-0.39, 0.29) is 19.1 Å². The molecule has 1 fully saturated rings. The summed E-state index contributed by atoms with van der Waals surface area (Å²) >= 11 is 12.0. The zero-order chi connectivity index (χ0) is 25.2. The van der Waals surface area contributed by atoms with E-state index in [2.05, 4.69) is 10.4 Å². The van der Waals surface area contributed by atoms with Crippen molar-refractivity contribution in [3.63, 3.8) is 0 Å². The average Bonchev–Trinajstić information content (AvgIpc) is 3.05. The summed E-state index contributed by atoms with van der Waals surface area (Å²) in [6, 6.07) is 12.9. The molecule has 2 aliphatic heterocycles. The van der Waals surface area contributed by atoms with E-state index in [1.807, 2.05) is 30.3 Å². The van der Waals surface area contributed by atoms with E-state index in [0.29, 0.717) is 35.2 Å².